The molecule has 1 fully saturated rings. The van der Waals surface area contributed by atoms with Crippen LogP contribution < -0.4 is 4.74 Å². The molecule has 0 aliphatic carbocycles. The standard InChI is InChI=1S/C18H19NO4S3/c1-3-9-23-13-6-4-12(5-7-13)11-15-16(20)19(18(24)26-15)14(17(21)22)8-10-25-2/h3-7,11,14H,1,8-10H2,2H3,(H,21,22)/b15-11-. The van der Waals surface area contributed by atoms with E-state index >= 15 is 0 Å². The number of carbonyl (C=O) groups is 2. The summed E-state index contributed by atoms with van der Waals surface area (Å²) in [6.07, 6.45) is 5.62. The quantitative estimate of drug-likeness (QED) is 0.379. The fourth-order valence-corrected chi connectivity index (χ4v) is 4.12. The van der Waals surface area contributed by atoms with Crippen LogP contribution in [0.1, 0.15) is 12.0 Å². The summed E-state index contributed by atoms with van der Waals surface area (Å²) in [5, 5.41) is 9.46. The number of carbonyl (C=O) groups excluding carboxylic acids is 1. The Morgan fingerprint density at radius 2 is 2.15 bits per heavy atom. The van der Waals surface area contributed by atoms with Crippen LogP contribution in [0.15, 0.2) is 41.8 Å². The molecule has 1 atom stereocenters. The van der Waals surface area contributed by atoms with Crippen LogP contribution in [-0.2, 0) is 9.59 Å². The number of hydrogen-bond donors (Lipinski definition) is 1. The van der Waals surface area contributed by atoms with Crippen molar-refractivity contribution >= 4 is 58.0 Å². The molecular formula is C18H19NO4S3. The van der Waals surface area contributed by atoms with E-state index < -0.39 is 12.0 Å². The number of ether oxygens (including phenoxy) is 1. The van der Waals surface area contributed by atoms with E-state index in [1.54, 1.807) is 24.3 Å². The molecule has 1 saturated heterocycles. The summed E-state index contributed by atoms with van der Waals surface area (Å²) in [6, 6.07) is 6.32. The van der Waals surface area contributed by atoms with E-state index in [1.807, 2.05) is 18.4 Å². The third-order valence-electron chi connectivity index (χ3n) is 3.56. The van der Waals surface area contributed by atoms with Crippen molar-refractivity contribution in [2.45, 2.75) is 12.5 Å². The van der Waals surface area contributed by atoms with E-state index in [0.717, 1.165) is 17.3 Å². The average molecular weight is 410 g/mol. The number of thiocarbonyl (C=S) groups is 1. The smallest absolute Gasteiger partial charge is 0.326 e. The van der Waals surface area contributed by atoms with Gasteiger partial charge in [-0.15, -0.1) is 0 Å². The Morgan fingerprint density at radius 3 is 2.73 bits per heavy atom. The molecule has 138 valence electrons. The van der Waals surface area contributed by atoms with Crippen molar-refractivity contribution in [3.8, 4) is 5.75 Å². The highest BCUT2D eigenvalue weighted by Gasteiger charge is 2.40. The van der Waals surface area contributed by atoms with Crippen LogP contribution in [0.4, 0.5) is 0 Å². The van der Waals surface area contributed by atoms with Gasteiger partial charge in [0.15, 0.2) is 0 Å². The topological polar surface area (TPSA) is 66.8 Å². The Labute approximate surface area is 166 Å². The highest BCUT2D eigenvalue weighted by molar-refractivity contribution is 8.26. The molecule has 5 nitrogen and oxygen atoms in total. The van der Waals surface area contributed by atoms with Gasteiger partial charge in [0, 0.05) is 0 Å². The molecule has 0 spiro atoms. The molecule has 1 amide bonds. The Morgan fingerprint density at radius 1 is 1.46 bits per heavy atom. The Balaban J connectivity index is 2.17. The fraction of sp³-hybridized carbons (Fsp3) is 0.278. The van der Waals surface area contributed by atoms with E-state index in [0.29, 0.717) is 29.4 Å². The van der Waals surface area contributed by atoms with Gasteiger partial charge in [-0.2, -0.15) is 11.8 Å². The van der Waals surface area contributed by atoms with Gasteiger partial charge in [-0.05, 0) is 42.2 Å². The molecule has 1 aromatic rings. The van der Waals surface area contributed by atoms with Crippen LogP contribution in [0.2, 0.25) is 0 Å². The first-order valence-electron chi connectivity index (χ1n) is 7.80. The van der Waals surface area contributed by atoms with E-state index in [9.17, 15) is 14.7 Å². The highest BCUT2D eigenvalue weighted by atomic mass is 32.2. The van der Waals surface area contributed by atoms with Crippen molar-refractivity contribution < 1.29 is 19.4 Å². The van der Waals surface area contributed by atoms with Crippen molar-refractivity contribution in [3.05, 3.63) is 47.4 Å². The maximum Gasteiger partial charge on any atom is 0.326 e. The van der Waals surface area contributed by atoms with Crippen LogP contribution >= 0.6 is 35.7 Å². The van der Waals surface area contributed by atoms with Gasteiger partial charge in [-0.25, -0.2) is 4.79 Å². The number of benzene rings is 1. The molecular weight excluding hydrogens is 390 g/mol. The SMILES string of the molecule is C=CCOc1ccc(/C=C2\SC(=S)N(C(CCSC)C(=O)O)C2=O)cc1. The lowest BCUT2D eigenvalue weighted by atomic mass is 10.1. The zero-order chi connectivity index (χ0) is 19.1. The molecule has 0 radical (unpaired) electrons. The predicted octanol–water partition coefficient (Wildman–Crippen LogP) is 3.66. The molecule has 1 N–H and O–H groups in total. The van der Waals surface area contributed by atoms with Gasteiger partial charge in [0.25, 0.3) is 5.91 Å². The van der Waals surface area contributed by atoms with Crippen LogP contribution in [0.25, 0.3) is 6.08 Å². The first-order chi connectivity index (χ1) is 12.5. The van der Waals surface area contributed by atoms with Gasteiger partial charge in [-0.3, -0.25) is 9.69 Å². The van der Waals surface area contributed by atoms with E-state index in [4.69, 9.17) is 17.0 Å². The van der Waals surface area contributed by atoms with Crippen LogP contribution in [0, 0.1) is 0 Å². The van der Waals surface area contributed by atoms with Crippen molar-refractivity contribution in [1.82, 2.24) is 4.90 Å². The van der Waals surface area contributed by atoms with E-state index in [1.165, 1.54) is 16.7 Å². The zero-order valence-electron chi connectivity index (χ0n) is 14.2. The molecule has 1 heterocycles. The summed E-state index contributed by atoms with van der Waals surface area (Å²) in [4.78, 5) is 25.9. The van der Waals surface area contributed by atoms with Gasteiger partial charge in [0.2, 0.25) is 0 Å². The fourth-order valence-electron chi connectivity index (χ4n) is 2.31. The Hall–Kier alpha value is -1.77. The number of carboxylic acid groups (broad SMARTS) is 1. The number of nitrogens with zero attached hydrogens (tertiary/aromatic N) is 1. The summed E-state index contributed by atoms with van der Waals surface area (Å²) in [6.45, 7) is 4.02. The van der Waals surface area contributed by atoms with Crippen LogP contribution in [0.5, 0.6) is 5.75 Å². The minimum absolute atomic E-state index is 0.278. The Kier molecular flexibility index (Phi) is 7.74. The molecule has 1 unspecified atom stereocenters. The normalized spacial score (nSPS) is 16.8. The molecule has 1 aliphatic heterocycles. The molecule has 1 aromatic carbocycles. The zero-order valence-corrected chi connectivity index (χ0v) is 16.7. The number of hydrogen-bond acceptors (Lipinski definition) is 6. The lowest BCUT2D eigenvalue weighted by Gasteiger charge is -2.22. The van der Waals surface area contributed by atoms with Gasteiger partial charge in [-0.1, -0.05) is 48.8 Å². The second-order valence-corrected chi connectivity index (χ2v) is 8.02. The molecule has 0 saturated carbocycles. The van der Waals surface area contributed by atoms with Crippen LogP contribution in [0.3, 0.4) is 0 Å². The monoisotopic (exact) mass is 409 g/mol. The van der Waals surface area contributed by atoms with Gasteiger partial charge in [0.1, 0.15) is 22.7 Å². The van der Waals surface area contributed by atoms with Crippen molar-refractivity contribution in [3.63, 3.8) is 0 Å². The number of amides is 1. The first kappa shape index (κ1) is 20.5. The molecule has 26 heavy (non-hydrogen) atoms. The lowest BCUT2D eigenvalue weighted by Crippen LogP contribution is -2.44. The number of carboxylic acids is 1. The largest absolute Gasteiger partial charge is 0.490 e. The van der Waals surface area contributed by atoms with Crippen molar-refractivity contribution in [2.75, 3.05) is 18.6 Å². The summed E-state index contributed by atoms with van der Waals surface area (Å²) in [5.41, 5.74) is 0.812. The summed E-state index contributed by atoms with van der Waals surface area (Å²) < 4.78 is 5.70. The number of rotatable bonds is 9. The molecule has 0 aromatic heterocycles. The third kappa shape index (κ3) is 5.12. The van der Waals surface area contributed by atoms with Crippen LogP contribution in [-0.4, -0.2) is 50.9 Å². The Bertz CT molecular complexity index is 730. The number of aliphatic carboxylic acids is 1. The highest BCUT2D eigenvalue weighted by Crippen LogP contribution is 2.35. The molecule has 2 rings (SSSR count). The van der Waals surface area contributed by atoms with Crippen molar-refractivity contribution in [2.24, 2.45) is 0 Å². The first-order valence-corrected chi connectivity index (χ1v) is 10.4. The summed E-state index contributed by atoms with van der Waals surface area (Å²) in [7, 11) is 0. The maximum atomic E-state index is 12.7. The summed E-state index contributed by atoms with van der Waals surface area (Å²) >= 11 is 7.92. The average Bonchev–Trinajstić information content (AvgIpc) is 2.89. The number of thioether (sulfide) groups is 2. The molecule has 8 heteroatoms. The summed E-state index contributed by atoms with van der Waals surface area (Å²) in [5.74, 6) is -0.0578. The maximum absolute atomic E-state index is 12.7. The second kappa shape index (κ2) is 9.80. The minimum Gasteiger partial charge on any atom is -0.490 e. The molecule has 1 aliphatic rings. The van der Waals surface area contributed by atoms with Gasteiger partial charge >= 0.3 is 5.97 Å². The van der Waals surface area contributed by atoms with E-state index in [2.05, 4.69) is 6.58 Å². The van der Waals surface area contributed by atoms with Crippen molar-refractivity contribution in [1.29, 1.82) is 0 Å². The molecule has 0 bridgehead atoms. The lowest BCUT2D eigenvalue weighted by molar-refractivity contribution is -0.145. The van der Waals surface area contributed by atoms with E-state index in [-0.39, 0.29) is 10.2 Å². The minimum atomic E-state index is -1.04. The second-order valence-electron chi connectivity index (χ2n) is 5.36. The van der Waals surface area contributed by atoms with Gasteiger partial charge < -0.3 is 9.84 Å². The van der Waals surface area contributed by atoms with Gasteiger partial charge in [0.05, 0.1) is 4.91 Å². The third-order valence-corrected chi connectivity index (χ3v) is 5.54. The predicted molar refractivity (Wildman–Crippen MR) is 112 cm³/mol.